The van der Waals surface area contributed by atoms with Crippen molar-refractivity contribution in [1.82, 2.24) is 19.7 Å². The van der Waals surface area contributed by atoms with E-state index < -0.39 is 0 Å². The minimum atomic E-state index is -0.0309. The second-order valence-electron chi connectivity index (χ2n) is 8.21. The van der Waals surface area contributed by atoms with Crippen molar-refractivity contribution < 1.29 is 9.53 Å². The van der Waals surface area contributed by atoms with Crippen LogP contribution in [0.3, 0.4) is 0 Å². The molecule has 0 saturated carbocycles. The molecular weight excluding hydrogens is 366 g/mol. The maximum absolute atomic E-state index is 12.9. The van der Waals surface area contributed by atoms with Gasteiger partial charge in [-0.2, -0.15) is 0 Å². The van der Waals surface area contributed by atoms with Gasteiger partial charge >= 0.3 is 6.03 Å². The number of carbonyl (C=O) groups excluding carboxylic acids is 1. The van der Waals surface area contributed by atoms with Gasteiger partial charge in [0.05, 0.1) is 12.8 Å². The van der Waals surface area contributed by atoms with E-state index in [0.717, 1.165) is 62.1 Å². The lowest BCUT2D eigenvalue weighted by Crippen LogP contribution is -2.52. The number of likely N-dealkylation sites (tertiary alicyclic amines) is 1. The summed E-state index contributed by atoms with van der Waals surface area (Å²) in [7, 11) is 1.61. The number of amides is 2. The van der Waals surface area contributed by atoms with Crippen LogP contribution in [0.2, 0.25) is 0 Å². The van der Waals surface area contributed by atoms with Crippen molar-refractivity contribution in [2.45, 2.75) is 32.4 Å². The van der Waals surface area contributed by atoms with E-state index in [1.165, 1.54) is 0 Å². The Hall–Kier alpha value is -2.38. The summed E-state index contributed by atoms with van der Waals surface area (Å²) in [4.78, 5) is 24.2. The SMILES string of the molecule is COc1nccc2c(NC(=O)N3CCC(N4CCN(C(C)C)CC4)C3)cccc12. The minimum absolute atomic E-state index is 0.0309. The fraction of sp³-hybridized carbons (Fsp3) is 0.545. The Bertz CT molecular complexity index is 863. The summed E-state index contributed by atoms with van der Waals surface area (Å²) in [5.41, 5.74) is 0.794. The smallest absolute Gasteiger partial charge is 0.321 e. The number of fused-ring (bicyclic) bond motifs is 1. The molecule has 2 amide bonds. The second kappa shape index (κ2) is 8.55. The zero-order valence-corrected chi connectivity index (χ0v) is 17.6. The highest BCUT2D eigenvalue weighted by Crippen LogP contribution is 2.29. The predicted molar refractivity (Wildman–Crippen MR) is 116 cm³/mol. The first-order valence-electron chi connectivity index (χ1n) is 10.5. The first-order valence-corrected chi connectivity index (χ1v) is 10.5. The van der Waals surface area contributed by atoms with E-state index in [9.17, 15) is 4.79 Å². The van der Waals surface area contributed by atoms with Gasteiger partial charge in [0.15, 0.2) is 0 Å². The van der Waals surface area contributed by atoms with Gasteiger partial charge in [0.25, 0.3) is 0 Å². The number of ether oxygens (including phenoxy) is 1. The van der Waals surface area contributed by atoms with Gasteiger partial charge < -0.3 is 15.0 Å². The van der Waals surface area contributed by atoms with E-state index in [-0.39, 0.29) is 6.03 Å². The number of methoxy groups -OCH3 is 1. The van der Waals surface area contributed by atoms with Gasteiger partial charge in [0, 0.05) is 68.3 Å². The Morgan fingerprint density at radius 1 is 1.14 bits per heavy atom. The van der Waals surface area contributed by atoms with Crippen LogP contribution in [0, 0.1) is 0 Å². The van der Waals surface area contributed by atoms with Gasteiger partial charge in [0.2, 0.25) is 5.88 Å². The molecule has 7 nitrogen and oxygen atoms in total. The summed E-state index contributed by atoms with van der Waals surface area (Å²) in [5, 5.41) is 4.94. The molecule has 2 fully saturated rings. The molecule has 1 aromatic heterocycles. The van der Waals surface area contributed by atoms with E-state index in [2.05, 4.69) is 33.9 Å². The molecule has 1 unspecified atom stereocenters. The summed E-state index contributed by atoms with van der Waals surface area (Å²) in [6.07, 6.45) is 2.75. The highest BCUT2D eigenvalue weighted by Gasteiger charge is 2.32. The van der Waals surface area contributed by atoms with Crippen molar-refractivity contribution in [1.29, 1.82) is 0 Å². The molecule has 1 atom stereocenters. The fourth-order valence-corrected chi connectivity index (χ4v) is 4.49. The standard InChI is InChI=1S/C22H31N5O2/c1-16(2)25-11-13-26(14-12-25)17-8-10-27(15-17)22(28)24-20-6-4-5-19-18(20)7-9-23-21(19)29-3/h4-7,9,16-17H,8,10-15H2,1-3H3,(H,24,28). The highest BCUT2D eigenvalue weighted by atomic mass is 16.5. The number of aromatic nitrogens is 1. The number of rotatable bonds is 4. The number of benzene rings is 1. The number of anilines is 1. The van der Waals surface area contributed by atoms with Crippen molar-refractivity contribution in [2.75, 3.05) is 51.7 Å². The van der Waals surface area contributed by atoms with E-state index in [4.69, 9.17) is 4.74 Å². The van der Waals surface area contributed by atoms with Crippen molar-refractivity contribution in [3.8, 4) is 5.88 Å². The molecule has 1 aromatic carbocycles. The molecule has 0 spiro atoms. The molecule has 4 rings (SSSR count). The van der Waals surface area contributed by atoms with Gasteiger partial charge in [-0.05, 0) is 38.5 Å². The lowest BCUT2D eigenvalue weighted by atomic mass is 10.1. The average Bonchev–Trinajstić information content (AvgIpc) is 3.24. The lowest BCUT2D eigenvalue weighted by Gasteiger charge is -2.39. The Balaban J connectivity index is 1.39. The molecule has 7 heteroatoms. The highest BCUT2D eigenvalue weighted by molar-refractivity contribution is 6.03. The number of urea groups is 1. The molecule has 2 aliphatic rings. The van der Waals surface area contributed by atoms with Crippen LogP contribution in [0.5, 0.6) is 5.88 Å². The van der Waals surface area contributed by atoms with Crippen LogP contribution in [0.25, 0.3) is 10.8 Å². The maximum Gasteiger partial charge on any atom is 0.321 e. The Morgan fingerprint density at radius 2 is 1.93 bits per heavy atom. The fourth-order valence-electron chi connectivity index (χ4n) is 4.49. The maximum atomic E-state index is 12.9. The molecule has 0 radical (unpaired) electrons. The molecule has 29 heavy (non-hydrogen) atoms. The van der Waals surface area contributed by atoms with Crippen LogP contribution in [0.4, 0.5) is 10.5 Å². The quantitative estimate of drug-likeness (QED) is 0.860. The normalized spacial score (nSPS) is 21.1. The Kier molecular flexibility index (Phi) is 5.87. The molecule has 0 bridgehead atoms. The second-order valence-corrected chi connectivity index (χ2v) is 8.21. The van der Waals surface area contributed by atoms with Crippen molar-refractivity contribution >= 4 is 22.5 Å². The van der Waals surface area contributed by atoms with Crippen LogP contribution in [-0.4, -0.2) is 84.2 Å². The number of hydrogen-bond donors (Lipinski definition) is 1. The third-order valence-corrected chi connectivity index (χ3v) is 6.25. The zero-order valence-electron chi connectivity index (χ0n) is 17.6. The Labute approximate surface area is 172 Å². The number of hydrogen-bond acceptors (Lipinski definition) is 5. The first kappa shape index (κ1) is 19.9. The summed E-state index contributed by atoms with van der Waals surface area (Å²) in [6, 6.07) is 8.76. The topological polar surface area (TPSA) is 60.9 Å². The summed E-state index contributed by atoms with van der Waals surface area (Å²) >= 11 is 0. The van der Waals surface area contributed by atoms with Gasteiger partial charge in [-0.15, -0.1) is 0 Å². The first-order chi connectivity index (χ1) is 14.1. The van der Waals surface area contributed by atoms with Crippen LogP contribution >= 0.6 is 0 Å². The van der Waals surface area contributed by atoms with Crippen molar-refractivity contribution in [3.05, 3.63) is 30.5 Å². The lowest BCUT2D eigenvalue weighted by molar-refractivity contribution is 0.0812. The van der Waals surface area contributed by atoms with E-state index in [1.54, 1.807) is 13.3 Å². The van der Waals surface area contributed by atoms with Gasteiger partial charge in [0.1, 0.15) is 0 Å². The molecule has 2 aliphatic heterocycles. The van der Waals surface area contributed by atoms with Crippen LogP contribution in [-0.2, 0) is 0 Å². The van der Waals surface area contributed by atoms with Gasteiger partial charge in [-0.25, -0.2) is 9.78 Å². The van der Waals surface area contributed by atoms with Crippen LogP contribution in [0.1, 0.15) is 20.3 Å². The molecule has 3 heterocycles. The van der Waals surface area contributed by atoms with E-state index >= 15 is 0 Å². The van der Waals surface area contributed by atoms with Gasteiger partial charge in [-0.1, -0.05) is 6.07 Å². The molecule has 0 aliphatic carbocycles. The summed E-state index contributed by atoms with van der Waals surface area (Å²) in [5.74, 6) is 0.570. The van der Waals surface area contributed by atoms with Gasteiger partial charge in [-0.3, -0.25) is 9.80 Å². The monoisotopic (exact) mass is 397 g/mol. The number of pyridine rings is 1. The number of nitrogens with zero attached hydrogens (tertiary/aromatic N) is 4. The average molecular weight is 398 g/mol. The number of nitrogens with one attached hydrogen (secondary N) is 1. The van der Waals surface area contributed by atoms with E-state index in [0.29, 0.717) is 18.0 Å². The van der Waals surface area contributed by atoms with Crippen molar-refractivity contribution in [2.24, 2.45) is 0 Å². The molecule has 2 aromatic rings. The third kappa shape index (κ3) is 4.16. The zero-order chi connectivity index (χ0) is 20.4. The number of carbonyl (C=O) groups is 1. The minimum Gasteiger partial charge on any atom is -0.481 e. The molecule has 2 saturated heterocycles. The largest absolute Gasteiger partial charge is 0.481 e. The molecular formula is C22H31N5O2. The molecule has 156 valence electrons. The summed E-state index contributed by atoms with van der Waals surface area (Å²) in [6.45, 7) is 10.5. The van der Waals surface area contributed by atoms with E-state index in [1.807, 2.05) is 29.2 Å². The van der Waals surface area contributed by atoms with Crippen LogP contribution < -0.4 is 10.1 Å². The third-order valence-electron chi connectivity index (χ3n) is 6.25. The predicted octanol–water partition coefficient (Wildman–Crippen LogP) is 2.88. The molecule has 1 N–H and O–H groups in total. The summed E-state index contributed by atoms with van der Waals surface area (Å²) < 4.78 is 5.35. The Morgan fingerprint density at radius 3 is 2.66 bits per heavy atom. The van der Waals surface area contributed by atoms with Crippen molar-refractivity contribution in [3.63, 3.8) is 0 Å². The number of piperazine rings is 1. The van der Waals surface area contributed by atoms with Crippen LogP contribution in [0.15, 0.2) is 30.5 Å².